The fourth-order valence-electron chi connectivity index (χ4n) is 2.86. The van der Waals surface area contributed by atoms with Crippen molar-refractivity contribution in [3.8, 4) is 17.1 Å². The Hall–Kier alpha value is -2.93. The van der Waals surface area contributed by atoms with E-state index < -0.39 is 0 Å². The summed E-state index contributed by atoms with van der Waals surface area (Å²) in [5.41, 5.74) is 4.40. The van der Waals surface area contributed by atoms with E-state index >= 15 is 0 Å². The number of hydrogen-bond donors (Lipinski definition) is 0. The molecule has 0 aliphatic rings. The van der Waals surface area contributed by atoms with E-state index in [2.05, 4.69) is 52.4 Å². The zero-order valence-corrected chi connectivity index (χ0v) is 16.1. The fourth-order valence-corrected chi connectivity index (χ4v) is 3.73. The summed E-state index contributed by atoms with van der Waals surface area (Å²) in [7, 11) is 0. The van der Waals surface area contributed by atoms with Crippen molar-refractivity contribution in [2.75, 3.05) is 0 Å². The fraction of sp³-hybridized carbons (Fsp3) is 0.200. The molecular weight excluding hydrogens is 358 g/mol. The lowest BCUT2D eigenvalue weighted by molar-refractivity contribution is 0.380. The van der Waals surface area contributed by atoms with Crippen LogP contribution in [0.15, 0.2) is 64.5 Å². The van der Waals surface area contributed by atoms with E-state index in [0.29, 0.717) is 11.7 Å². The summed E-state index contributed by atoms with van der Waals surface area (Å²) in [5.74, 6) is 1.16. The second kappa shape index (κ2) is 7.36. The molecule has 6 nitrogen and oxygen atoms in total. The molecule has 4 aromatic rings. The summed E-state index contributed by atoms with van der Waals surface area (Å²) < 4.78 is 7.47. The molecule has 0 radical (unpaired) electrons. The van der Waals surface area contributed by atoms with Gasteiger partial charge in [0, 0.05) is 5.56 Å². The summed E-state index contributed by atoms with van der Waals surface area (Å²) in [6, 6.07) is 16.1. The minimum absolute atomic E-state index is 0.0522. The van der Waals surface area contributed by atoms with Crippen LogP contribution in [0.1, 0.15) is 29.2 Å². The maximum Gasteiger partial charge on any atom is 0.240 e. The average Bonchev–Trinajstić information content (AvgIpc) is 3.32. The van der Waals surface area contributed by atoms with E-state index in [9.17, 15) is 0 Å². The minimum atomic E-state index is -0.0522. The number of thioether (sulfide) groups is 1. The Morgan fingerprint density at radius 2 is 1.89 bits per heavy atom. The highest BCUT2D eigenvalue weighted by atomic mass is 32.2. The van der Waals surface area contributed by atoms with Gasteiger partial charge < -0.3 is 4.52 Å². The van der Waals surface area contributed by atoms with Gasteiger partial charge >= 0.3 is 0 Å². The van der Waals surface area contributed by atoms with Crippen LogP contribution in [0.3, 0.4) is 0 Å². The average molecular weight is 377 g/mol. The van der Waals surface area contributed by atoms with E-state index in [-0.39, 0.29) is 5.25 Å². The van der Waals surface area contributed by atoms with Gasteiger partial charge in [-0.25, -0.2) is 0 Å². The Morgan fingerprint density at radius 3 is 2.67 bits per heavy atom. The molecule has 0 bridgehead atoms. The minimum Gasteiger partial charge on any atom is -0.338 e. The molecule has 27 heavy (non-hydrogen) atoms. The van der Waals surface area contributed by atoms with Crippen molar-refractivity contribution >= 4 is 11.8 Å². The quantitative estimate of drug-likeness (QED) is 0.466. The molecule has 1 unspecified atom stereocenters. The van der Waals surface area contributed by atoms with E-state index in [1.54, 1.807) is 6.33 Å². The summed E-state index contributed by atoms with van der Waals surface area (Å²) in [6.07, 6.45) is 1.73. The molecule has 0 aliphatic heterocycles. The van der Waals surface area contributed by atoms with Crippen LogP contribution in [0, 0.1) is 13.8 Å². The molecule has 1 atom stereocenters. The third-order valence-electron chi connectivity index (χ3n) is 4.23. The Bertz CT molecular complexity index is 1060. The van der Waals surface area contributed by atoms with E-state index in [1.165, 1.54) is 22.9 Å². The van der Waals surface area contributed by atoms with Crippen LogP contribution in [0.5, 0.6) is 0 Å². The molecule has 7 heteroatoms. The highest BCUT2D eigenvalue weighted by Crippen LogP contribution is 2.34. The maximum atomic E-state index is 5.48. The molecule has 136 valence electrons. The Kier molecular flexibility index (Phi) is 4.77. The Labute approximate surface area is 161 Å². The van der Waals surface area contributed by atoms with Crippen molar-refractivity contribution in [1.29, 1.82) is 0 Å². The Morgan fingerprint density at radius 1 is 1.07 bits per heavy atom. The van der Waals surface area contributed by atoms with Gasteiger partial charge in [0.05, 0.1) is 10.9 Å². The first-order valence-corrected chi connectivity index (χ1v) is 9.53. The van der Waals surface area contributed by atoms with Gasteiger partial charge in [0.25, 0.3) is 0 Å². The molecule has 2 heterocycles. The SMILES string of the molecule is Cc1ccc(-n2cnnc2SC(C)c2nc(-c3ccccc3)no2)c(C)c1. The predicted molar refractivity (Wildman–Crippen MR) is 105 cm³/mol. The van der Waals surface area contributed by atoms with Crippen LogP contribution < -0.4 is 0 Å². The number of hydrogen-bond acceptors (Lipinski definition) is 6. The molecular formula is C20H19N5OS. The normalized spacial score (nSPS) is 12.3. The lowest BCUT2D eigenvalue weighted by atomic mass is 10.1. The number of benzene rings is 2. The molecule has 0 N–H and O–H groups in total. The van der Waals surface area contributed by atoms with Gasteiger partial charge in [-0.05, 0) is 32.4 Å². The van der Waals surface area contributed by atoms with Gasteiger partial charge in [-0.3, -0.25) is 4.57 Å². The lowest BCUT2D eigenvalue weighted by Crippen LogP contribution is -2.00. The standard InChI is InChI=1S/C20H19N5OS/c1-13-9-10-17(14(2)11-13)25-12-21-23-20(25)27-15(3)19-22-18(24-26-19)16-7-5-4-6-8-16/h4-12,15H,1-3H3. The van der Waals surface area contributed by atoms with Crippen LogP contribution in [0.25, 0.3) is 17.1 Å². The summed E-state index contributed by atoms with van der Waals surface area (Å²) in [5, 5.41) is 13.2. The summed E-state index contributed by atoms with van der Waals surface area (Å²) in [6.45, 7) is 6.19. The lowest BCUT2D eigenvalue weighted by Gasteiger charge is -2.11. The topological polar surface area (TPSA) is 69.6 Å². The number of aryl methyl sites for hydroxylation is 2. The molecule has 4 rings (SSSR count). The van der Waals surface area contributed by atoms with E-state index in [4.69, 9.17) is 4.52 Å². The molecule has 0 saturated heterocycles. The summed E-state index contributed by atoms with van der Waals surface area (Å²) in [4.78, 5) is 4.54. The van der Waals surface area contributed by atoms with Gasteiger partial charge in [-0.1, -0.05) is 64.9 Å². The van der Waals surface area contributed by atoms with Gasteiger partial charge in [0.15, 0.2) is 5.16 Å². The van der Waals surface area contributed by atoms with Crippen molar-refractivity contribution in [3.63, 3.8) is 0 Å². The molecule has 0 amide bonds. The third-order valence-corrected chi connectivity index (χ3v) is 5.28. The van der Waals surface area contributed by atoms with Gasteiger partial charge in [-0.15, -0.1) is 10.2 Å². The van der Waals surface area contributed by atoms with E-state index in [1.807, 2.05) is 41.8 Å². The van der Waals surface area contributed by atoms with Crippen LogP contribution in [0.4, 0.5) is 0 Å². The number of nitrogens with zero attached hydrogens (tertiary/aromatic N) is 5. The van der Waals surface area contributed by atoms with Crippen molar-refractivity contribution in [3.05, 3.63) is 71.9 Å². The zero-order chi connectivity index (χ0) is 18.8. The van der Waals surface area contributed by atoms with Crippen LogP contribution in [-0.4, -0.2) is 24.9 Å². The highest BCUT2D eigenvalue weighted by molar-refractivity contribution is 7.99. The molecule has 2 aromatic heterocycles. The van der Waals surface area contributed by atoms with Crippen LogP contribution in [0.2, 0.25) is 0 Å². The Balaban J connectivity index is 1.57. The van der Waals surface area contributed by atoms with Crippen molar-refractivity contribution in [2.24, 2.45) is 0 Å². The second-order valence-electron chi connectivity index (χ2n) is 6.36. The van der Waals surface area contributed by atoms with Gasteiger partial charge in [0.2, 0.25) is 11.7 Å². The van der Waals surface area contributed by atoms with Crippen molar-refractivity contribution < 1.29 is 4.52 Å². The molecule has 0 fully saturated rings. The number of rotatable bonds is 5. The second-order valence-corrected chi connectivity index (χ2v) is 7.66. The molecule has 0 aliphatic carbocycles. The van der Waals surface area contributed by atoms with Crippen molar-refractivity contribution in [1.82, 2.24) is 24.9 Å². The van der Waals surface area contributed by atoms with E-state index in [0.717, 1.165) is 16.4 Å². The first kappa shape index (κ1) is 17.5. The molecule has 0 spiro atoms. The zero-order valence-electron chi connectivity index (χ0n) is 15.3. The van der Waals surface area contributed by atoms with Gasteiger partial charge in [0.1, 0.15) is 6.33 Å². The largest absolute Gasteiger partial charge is 0.338 e. The third kappa shape index (κ3) is 3.64. The maximum absolute atomic E-state index is 5.48. The number of aromatic nitrogens is 5. The monoisotopic (exact) mass is 377 g/mol. The van der Waals surface area contributed by atoms with Crippen LogP contribution >= 0.6 is 11.8 Å². The highest BCUT2D eigenvalue weighted by Gasteiger charge is 2.20. The first-order valence-electron chi connectivity index (χ1n) is 8.65. The first-order chi connectivity index (χ1) is 13.1. The smallest absolute Gasteiger partial charge is 0.240 e. The van der Waals surface area contributed by atoms with Crippen molar-refractivity contribution in [2.45, 2.75) is 31.2 Å². The molecule has 0 saturated carbocycles. The summed E-state index contributed by atoms with van der Waals surface area (Å²) >= 11 is 1.54. The van der Waals surface area contributed by atoms with Gasteiger partial charge in [-0.2, -0.15) is 4.98 Å². The predicted octanol–water partition coefficient (Wildman–Crippen LogP) is 4.79. The van der Waals surface area contributed by atoms with Crippen LogP contribution in [-0.2, 0) is 0 Å². The molecule has 2 aromatic carbocycles.